The Labute approximate surface area is 95.7 Å². The number of rotatable bonds is 0. The molecule has 3 nitrogen and oxygen atoms in total. The highest BCUT2D eigenvalue weighted by Crippen LogP contribution is 2.39. The first-order valence-corrected chi connectivity index (χ1v) is 5.98. The van der Waals surface area contributed by atoms with Gasteiger partial charge < -0.3 is 5.43 Å². The number of fused-ring (bicyclic) bond motifs is 1. The van der Waals surface area contributed by atoms with E-state index in [9.17, 15) is 0 Å². The van der Waals surface area contributed by atoms with Gasteiger partial charge >= 0.3 is 0 Å². The molecular weight excluding hydrogens is 198 g/mol. The van der Waals surface area contributed by atoms with Gasteiger partial charge in [-0.3, -0.25) is 4.99 Å². The summed E-state index contributed by atoms with van der Waals surface area (Å²) in [7, 11) is 0. The van der Waals surface area contributed by atoms with E-state index in [2.05, 4.69) is 23.6 Å². The highest BCUT2D eigenvalue weighted by atomic mass is 15.3. The molecule has 0 atom stereocenters. The summed E-state index contributed by atoms with van der Waals surface area (Å²) in [6.45, 7) is 0. The Morgan fingerprint density at radius 1 is 1.19 bits per heavy atom. The number of nitrogens with two attached hydrogens (primary N) is 1. The molecule has 1 aromatic rings. The quantitative estimate of drug-likeness (QED) is 0.512. The zero-order valence-electron chi connectivity index (χ0n) is 9.37. The Morgan fingerprint density at radius 2 is 1.94 bits per heavy atom. The third-order valence-electron chi connectivity index (χ3n) is 3.81. The highest BCUT2D eigenvalue weighted by Gasteiger charge is 2.37. The number of hydrogen-bond acceptors (Lipinski definition) is 3. The highest BCUT2D eigenvalue weighted by molar-refractivity contribution is 6.00. The molecule has 1 heterocycles. The van der Waals surface area contributed by atoms with E-state index in [1.165, 1.54) is 36.8 Å². The molecule has 84 valence electrons. The lowest BCUT2D eigenvalue weighted by Crippen LogP contribution is -2.40. The molecule has 1 aromatic carbocycles. The Hall–Kier alpha value is -1.35. The number of nitrogens with zero attached hydrogens (tertiary/aromatic N) is 1. The monoisotopic (exact) mass is 215 g/mol. The van der Waals surface area contributed by atoms with Crippen LogP contribution >= 0.6 is 0 Å². The van der Waals surface area contributed by atoms with Crippen LogP contribution in [0.25, 0.3) is 0 Å². The van der Waals surface area contributed by atoms with Crippen molar-refractivity contribution in [3.63, 3.8) is 0 Å². The Kier molecular flexibility index (Phi) is 2.21. The molecule has 0 saturated heterocycles. The van der Waals surface area contributed by atoms with Crippen molar-refractivity contribution in [1.82, 2.24) is 5.43 Å². The SMILES string of the molecule is NNC1=NC2(CCCC2)Cc2ccccc21. The number of amidine groups is 1. The van der Waals surface area contributed by atoms with E-state index in [4.69, 9.17) is 10.8 Å². The molecule has 1 spiro atoms. The van der Waals surface area contributed by atoms with E-state index in [1.807, 2.05) is 6.07 Å². The van der Waals surface area contributed by atoms with Gasteiger partial charge in [0.25, 0.3) is 0 Å². The summed E-state index contributed by atoms with van der Waals surface area (Å²) < 4.78 is 0. The van der Waals surface area contributed by atoms with Crippen molar-refractivity contribution >= 4 is 5.84 Å². The van der Waals surface area contributed by atoms with Crippen LogP contribution in [0.4, 0.5) is 0 Å². The van der Waals surface area contributed by atoms with E-state index >= 15 is 0 Å². The molecule has 0 unspecified atom stereocenters. The van der Waals surface area contributed by atoms with Crippen molar-refractivity contribution < 1.29 is 0 Å². The normalized spacial score (nSPS) is 21.7. The first kappa shape index (κ1) is 9.85. The van der Waals surface area contributed by atoms with Crippen LogP contribution in [0.3, 0.4) is 0 Å². The summed E-state index contributed by atoms with van der Waals surface area (Å²) in [5.74, 6) is 6.45. The fourth-order valence-electron chi connectivity index (χ4n) is 3.03. The van der Waals surface area contributed by atoms with Gasteiger partial charge in [-0.15, -0.1) is 0 Å². The van der Waals surface area contributed by atoms with Gasteiger partial charge in [-0.2, -0.15) is 0 Å². The van der Waals surface area contributed by atoms with Crippen molar-refractivity contribution in [2.24, 2.45) is 10.8 Å². The Bertz CT molecular complexity index is 431. The fourth-order valence-corrected chi connectivity index (χ4v) is 3.03. The predicted octanol–water partition coefficient (Wildman–Crippen LogP) is 1.77. The van der Waals surface area contributed by atoms with Crippen molar-refractivity contribution in [1.29, 1.82) is 0 Å². The van der Waals surface area contributed by atoms with E-state index in [1.54, 1.807) is 0 Å². The van der Waals surface area contributed by atoms with E-state index in [-0.39, 0.29) is 5.54 Å². The van der Waals surface area contributed by atoms with Crippen molar-refractivity contribution in [3.05, 3.63) is 35.4 Å². The zero-order valence-corrected chi connectivity index (χ0v) is 9.37. The van der Waals surface area contributed by atoms with E-state index < -0.39 is 0 Å². The molecule has 0 aromatic heterocycles. The smallest absolute Gasteiger partial charge is 0.143 e. The molecular formula is C13H17N3. The van der Waals surface area contributed by atoms with Crippen molar-refractivity contribution in [2.45, 2.75) is 37.6 Å². The lowest BCUT2D eigenvalue weighted by atomic mass is 9.84. The van der Waals surface area contributed by atoms with Crippen LogP contribution in [0.15, 0.2) is 29.3 Å². The molecule has 3 N–H and O–H groups in total. The van der Waals surface area contributed by atoms with Crippen molar-refractivity contribution in [3.8, 4) is 0 Å². The number of hydrogen-bond donors (Lipinski definition) is 2. The van der Waals surface area contributed by atoms with Crippen LogP contribution in [0, 0.1) is 0 Å². The summed E-state index contributed by atoms with van der Waals surface area (Å²) >= 11 is 0. The molecule has 0 radical (unpaired) electrons. The van der Waals surface area contributed by atoms with Gasteiger partial charge in [0, 0.05) is 5.56 Å². The lowest BCUT2D eigenvalue weighted by Gasteiger charge is -2.31. The summed E-state index contributed by atoms with van der Waals surface area (Å²) in [5.41, 5.74) is 5.45. The largest absolute Gasteiger partial charge is 0.308 e. The van der Waals surface area contributed by atoms with Gasteiger partial charge in [-0.05, 0) is 24.8 Å². The average Bonchev–Trinajstić information content (AvgIpc) is 2.76. The minimum atomic E-state index is 0.135. The first-order valence-electron chi connectivity index (χ1n) is 5.98. The maximum Gasteiger partial charge on any atom is 0.143 e. The first-order chi connectivity index (χ1) is 7.83. The van der Waals surface area contributed by atoms with Gasteiger partial charge in [0.1, 0.15) is 5.84 Å². The summed E-state index contributed by atoms with van der Waals surface area (Å²) in [6.07, 6.45) is 6.07. The van der Waals surface area contributed by atoms with Gasteiger partial charge in [-0.1, -0.05) is 37.1 Å². The molecule has 0 bridgehead atoms. The number of hydrazine groups is 1. The second kappa shape index (κ2) is 3.59. The second-order valence-electron chi connectivity index (χ2n) is 4.87. The summed E-state index contributed by atoms with van der Waals surface area (Å²) in [4.78, 5) is 4.85. The molecule has 1 aliphatic heterocycles. The van der Waals surface area contributed by atoms with Crippen molar-refractivity contribution in [2.75, 3.05) is 0 Å². The zero-order chi connectivity index (χ0) is 11.0. The molecule has 1 aliphatic carbocycles. The van der Waals surface area contributed by atoms with Crippen LogP contribution in [-0.2, 0) is 6.42 Å². The lowest BCUT2D eigenvalue weighted by molar-refractivity contribution is 0.432. The minimum absolute atomic E-state index is 0.135. The standard InChI is InChI=1S/C13H17N3/c14-16-12-11-6-2-1-5-10(11)9-13(15-12)7-3-4-8-13/h1-2,5-6H,3-4,7-9,14H2,(H,15,16). The van der Waals surface area contributed by atoms with Crippen LogP contribution < -0.4 is 11.3 Å². The summed E-state index contributed by atoms with van der Waals surface area (Å²) in [5, 5.41) is 0. The van der Waals surface area contributed by atoms with Crippen LogP contribution in [0.1, 0.15) is 36.8 Å². The van der Waals surface area contributed by atoms with E-state index in [0.29, 0.717) is 0 Å². The Balaban J connectivity index is 2.08. The number of nitrogens with one attached hydrogen (secondary N) is 1. The maximum atomic E-state index is 5.59. The third-order valence-corrected chi connectivity index (χ3v) is 3.81. The van der Waals surface area contributed by atoms with Gasteiger partial charge in [0.2, 0.25) is 0 Å². The second-order valence-corrected chi connectivity index (χ2v) is 4.87. The van der Waals surface area contributed by atoms with Gasteiger partial charge in [0.15, 0.2) is 0 Å². The molecule has 3 rings (SSSR count). The topological polar surface area (TPSA) is 50.4 Å². The predicted molar refractivity (Wildman–Crippen MR) is 65.2 cm³/mol. The Morgan fingerprint density at radius 3 is 2.69 bits per heavy atom. The average molecular weight is 215 g/mol. The molecule has 16 heavy (non-hydrogen) atoms. The minimum Gasteiger partial charge on any atom is -0.308 e. The van der Waals surface area contributed by atoms with Gasteiger partial charge in [0.05, 0.1) is 5.54 Å². The molecule has 1 saturated carbocycles. The maximum absolute atomic E-state index is 5.59. The van der Waals surface area contributed by atoms with Crippen LogP contribution in [0.5, 0.6) is 0 Å². The van der Waals surface area contributed by atoms with E-state index in [0.717, 1.165) is 12.3 Å². The summed E-state index contributed by atoms with van der Waals surface area (Å²) in [6, 6.07) is 8.43. The van der Waals surface area contributed by atoms with Crippen LogP contribution in [0.2, 0.25) is 0 Å². The van der Waals surface area contributed by atoms with Gasteiger partial charge in [-0.25, -0.2) is 5.84 Å². The molecule has 3 heteroatoms. The van der Waals surface area contributed by atoms with Crippen LogP contribution in [-0.4, -0.2) is 11.4 Å². The molecule has 1 fully saturated rings. The number of aliphatic imine (C=N–C) groups is 1. The molecule has 2 aliphatic rings. The molecule has 0 amide bonds. The third kappa shape index (κ3) is 1.43. The number of benzene rings is 1. The fraction of sp³-hybridized carbons (Fsp3) is 0.462.